The average Bonchev–Trinajstić information content (AvgIpc) is 3.03. The molecule has 0 spiro atoms. The van der Waals surface area contributed by atoms with Crippen molar-refractivity contribution in [3.8, 4) is 0 Å². The van der Waals surface area contributed by atoms with Gasteiger partial charge in [0.25, 0.3) is 0 Å². The Morgan fingerprint density at radius 2 is 1.85 bits per heavy atom. The number of benzene rings is 1. The van der Waals surface area contributed by atoms with Crippen LogP contribution in [0.4, 0.5) is 0 Å². The van der Waals surface area contributed by atoms with Crippen LogP contribution in [0.25, 0.3) is 5.65 Å². The third-order valence-corrected chi connectivity index (χ3v) is 4.33. The number of fused-ring (bicyclic) bond motifs is 1. The maximum Gasteiger partial charge on any atom is 0.225 e. The molecule has 0 aliphatic heterocycles. The van der Waals surface area contributed by atoms with Crippen LogP contribution in [0.5, 0.6) is 0 Å². The van der Waals surface area contributed by atoms with Crippen LogP contribution in [0.1, 0.15) is 29.9 Å². The molecule has 2 atom stereocenters. The molecular weight excluding hydrogens is 371 g/mol. The van der Waals surface area contributed by atoms with Gasteiger partial charge in [-0.2, -0.15) is 0 Å². The van der Waals surface area contributed by atoms with E-state index >= 15 is 0 Å². The molecule has 2 aromatic heterocycles. The highest BCUT2D eigenvalue weighted by Crippen LogP contribution is 2.19. The van der Waals surface area contributed by atoms with Crippen molar-refractivity contribution in [1.29, 1.82) is 0 Å². The second-order valence-electron chi connectivity index (χ2n) is 6.07. The SMILES string of the molecule is Cc1cccc2nc(CNC(=O)C(C)C(N)c3ccccc3)cn12.Cl.Cl. The van der Waals surface area contributed by atoms with Crippen LogP contribution in [0.2, 0.25) is 0 Å². The molecule has 2 heterocycles. The minimum absolute atomic E-state index is 0. The van der Waals surface area contributed by atoms with E-state index < -0.39 is 0 Å². The molecule has 0 aliphatic carbocycles. The lowest BCUT2D eigenvalue weighted by molar-refractivity contribution is -0.125. The van der Waals surface area contributed by atoms with Gasteiger partial charge in [-0.25, -0.2) is 4.98 Å². The van der Waals surface area contributed by atoms with Gasteiger partial charge in [0, 0.05) is 17.9 Å². The first kappa shape index (κ1) is 22.0. The smallest absolute Gasteiger partial charge is 0.225 e. The minimum atomic E-state index is -0.325. The van der Waals surface area contributed by atoms with Gasteiger partial charge in [-0.3, -0.25) is 4.79 Å². The van der Waals surface area contributed by atoms with E-state index in [0.29, 0.717) is 6.54 Å². The first-order valence-corrected chi connectivity index (χ1v) is 8.08. The number of amides is 1. The Labute approximate surface area is 165 Å². The molecule has 0 saturated heterocycles. The van der Waals surface area contributed by atoms with Crippen LogP contribution in [-0.4, -0.2) is 15.3 Å². The van der Waals surface area contributed by atoms with Gasteiger partial charge < -0.3 is 15.5 Å². The lowest BCUT2D eigenvalue weighted by Gasteiger charge is -2.19. The Morgan fingerprint density at radius 3 is 2.50 bits per heavy atom. The number of nitrogens with zero attached hydrogens (tertiary/aromatic N) is 2. The van der Waals surface area contributed by atoms with Gasteiger partial charge >= 0.3 is 0 Å². The molecule has 3 rings (SSSR count). The number of hydrogen-bond donors (Lipinski definition) is 2. The summed E-state index contributed by atoms with van der Waals surface area (Å²) < 4.78 is 2.01. The van der Waals surface area contributed by atoms with Crippen molar-refractivity contribution in [2.24, 2.45) is 11.7 Å². The van der Waals surface area contributed by atoms with Crippen molar-refractivity contribution in [1.82, 2.24) is 14.7 Å². The standard InChI is InChI=1S/C19H22N4O.2ClH/c1-13-7-6-10-17-22-16(12-23(13)17)11-21-19(24)14(2)18(20)15-8-4-3-5-9-15;;/h3-10,12,14,18H,11,20H2,1-2H3,(H,21,24);2*1H. The summed E-state index contributed by atoms with van der Waals surface area (Å²) in [5.74, 6) is -0.383. The van der Waals surface area contributed by atoms with Crippen LogP contribution in [0.15, 0.2) is 54.7 Å². The zero-order valence-corrected chi connectivity index (χ0v) is 16.4. The van der Waals surface area contributed by atoms with Crippen LogP contribution < -0.4 is 11.1 Å². The molecule has 3 N–H and O–H groups in total. The zero-order chi connectivity index (χ0) is 17.1. The molecule has 1 amide bonds. The van der Waals surface area contributed by atoms with Crippen molar-refractivity contribution < 1.29 is 4.79 Å². The van der Waals surface area contributed by atoms with E-state index in [4.69, 9.17) is 5.73 Å². The highest BCUT2D eigenvalue weighted by molar-refractivity contribution is 5.85. The molecule has 0 saturated carbocycles. The normalized spacial score (nSPS) is 12.6. The molecule has 7 heteroatoms. The number of nitrogens with one attached hydrogen (secondary N) is 1. The van der Waals surface area contributed by atoms with E-state index in [1.807, 2.05) is 73.0 Å². The van der Waals surface area contributed by atoms with Gasteiger partial charge in [0.1, 0.15) is 5.65 Å². The lowest BCUT2D eigenvalue weighted by atomic mass is 9.95. The van der Waals surface area contributed by atoms with Gasteiger partial charge in [0.15, 0.2) is 0 Å². The highest BCUT2D eigenvalue weighted by Gasteiger charge is 2.22. The topological polar surface area (TPSA) is 72.4 Å². The summed E-state index contributed by atoms with van der Waals surface area (Å²) in [5.41, 5.74) is 9.99. The number of aryl methyl sites for hydroxylation is 1. The van der Waals surface area contributed by atoms with Crippen molar-refractivity contribution in [2.45, 2.75) is 26.4 Å². The van der Waals surface area contributed by atoms with E-state index in [1.54, 1.807) is 0 Å². The molecule has 1 aromatic carbocycles. The van der Waals surface area contributed by atoms with Crippen LogP contribution in [0.3, 0.4) is 0 Å². The van der Waals surface area contributed by atoms with Gasteiger partial charge in [0.2, 0.25) is 5.91 Å². The summed E-state index contributed by atoms with van der Waals surface area (Å²) in [4.78, 5) is 16.9. The number of carbonyl (C=O) groups excluding carboxylic acids is 1. The number of rotatable bonds is 5. The molecule has 140 valence electrons. The molecule has 3 aromatic rings. The summed E-state index contributed by atoms with van der Waals surface area (Å²) >= 11 is 0. The third-order valence-electron chi connectivity index (χ3n) is 4.33. The zero-order valence-electron chi connectivity index (χ0n) is 14.8. The quantitative estimate of drug-likeness (QED) is 0.695. The Hall–Kier alpha value is -2.08. The molecule has 2 unspecified atom stereocenters. The monoisotopic (exact) mass is 394 g/mol. The number of halogens is 2. The minimum Gasteiger partial charge on any atom is -0.350 e. The predicted octanol–water partition coefficient (Wildman–Crippen LogP) is 3.44. The van der Waals surface area contributed by atoms with E-state index in [-0.39, 0.29) is 42.7 Å². The Bertz CT molecular complexity index is 851. The van der Waals surface area contributed by atoms with Crippen molar-refractivity contribution >= 4 is 36.4 Å². The van der Waals surface area contributed by atoms with Crippen molar-refractivity contribution in [2.75, 3.05) is 0 Å². The van der Waals surface area contributed by atoms with E-state index in [1.165, 1.54) is 0 Å². The molecule has 0 fully saturated rings. The molecule has 0 bridgehead atoms. The Kier molecular flexibility index (Phi) is 8.08. The van der Waals surface area contributed by atoms with Gasteiger partial charge in [-0.05, 0) is 24.6 Å². The second-order valence-corrected chi connectivity index (χ2v) is 6.07. The van der Waals surface area contributed by atoms with Crippen LogP contribution >= 0.6 is 24.8 Å². The second kappa shape index (κ2) is 9.57. The summed E-state index contributed by atoms with van der Waals surface area (Å²) in [6.07, 6.45) is 1.95. The van der Waals surface area contributed by atoms with Gasteiger partial charge in [-0.1, -0.05) is 43.3 Å². The van der Waals surface area contributed by atoms with Gasteiger partial charge in [0.05, 0.1) is 18.2 Å². The fourth-order valence-electron chi connectivity index (χ4n) is 2.75. The highest BCUT2D eigenvalue weighted by atomic mass is 35.5. The number of nitrogens with two attached hydrogens (primary N) is 1. The Balaban J connectivity index is 0.00000169. The Morgan fingerprint density at radius 1 is 1.15 bits per heavy atom. The molecule has 0 radical (unpaired) electrons. The third kappa shape index (κ3) is 4.75. The maximum atomic E-state index is 12.4. The number of aromatic nitrogens is 2. The number of imidazole rings is 1. The number of hydrogen-bond acceptors (Lipinski definition) is 3. The first-order valence-electron chi connectivity index (χ1n) is 8.08. The average molecular weight is 395 g/mol. The predicted molar refractivity (Wildman–Crippen MR) is 109 cm³/mol. The maximum absolute atomic E-state index is 12.4. The molecular formula is C19H24Cl2N4O. The molecule has 26 heavy (non-hydrogen) atoms. The number of pyridine rings is 1. The molecule has 5 nitrogen and oxygen atoms in total. The summed E-state index contributed by atoms with van der Waals surface area (Å²) in [6.45, 7) is 4.27. The van der Waals surface area contributed by atoms with E-state index in [2.05, 4.69) is 10.3 Å². The molecule has 0 aliphatic rings. The van der Waals surface area contributed by atoms with Crippen molar-refractivity contribution in [3.63, 3.8) is 0 Å². The lowest BCUT2D eigenvalue weighted by Crippen LogP contribution is -2.35. The largest absolute Gasteiger partial charge is 0.350 e. The van der Waals surface area contributed by atoms with Crippen LogP contribution in [0, 0.1) is 12.8 Å². The van der Waals surface area contributed by atoms with Gasteiger partial charge in [-0.15, -0.1) is 24.8 Å². The summed E-state index contributed by atoms with van der Waals surface area (Å²) in [7, 11) is 0. The van der Waals surface area contributed by atoms with E-state index in [9.17, 15) is 4.79 Å². The summed E-state index contributed by atoms with van der Waals surface area (Å²) in [6, 6.07) is 15.3. The fourth-order valence-corrected chi connectivity index (χ4v) is 2.75. The number of carbonyl (C=O) groups is 1. The van der Waals surface area contributed by atoms with Crippen molar-refractivity contribution in [3.05, 3.63) is 71.7 Å². The van der Waals surface area contributed by atoms with E-state index in [0.717, 1.165) is 22.6 Å². The summed E-state index contributed by atoms with van der Waals surface area (Å²) in [5, 5.41) is 2.94. The fraction of sp³-hybridized carbons (Fsp3) is 0.263. The first-order chi connectivity index (χ1) is 11.6. The van der Waals surface area contributed by atoms with Crippen LogP contribution in [-0.2, 0) is 11.3 Å².